The fraction of sp³-hybridized carbons (Fsp3) is 0.375. The van der Waals surface area contributed by atoms with Crippen molar-refractivity contribution < 1.29 is 72.0 Å². The molecule has 0 atom stereocenters. The number of unbranched alkanes of at least 4 members (excludes halogenated alkanes) is 1. The van der Waals surface area contributed by atoms with Gasteiger partial charge in [0.1, 0.15) is 0 Å². The van der Waals surface area contributed by atoms with Crippen LogP contribution in [-0.2, 0) is 45.0 Å². The maximum absolute atomic E-state index is 12.2. The molecule has 0 fully saturated rings. The first-order valence-electron chi connectivity index (χ1n) is 14.8. The van der Waals surface area contributed by atoms with Gasteiger partial charge in [0.2, 0.25) is 11.0 Å². The fourth-order valence-corrected chi connectivity index (χ4v) is 6.68. The van der Waals surface area contributed by atoms with Crippen LogP contribution in [0.2, 0.25) is 0 Å². The van der Waals surface area contributed by atoms with Crippen LogP contribution in [0.3, 0.4) is 0 Å². The number of nitrogens with zero attached hydrogens (tertiary/aromatic N) is 4. The molecule has 0 aliphatic carbocycles. The van der Waals surface area contributed by atoms with Crippen molar-refractivity contribution in [1.82, 2.24) is 0 Å². The van der Waals surface area contributed by atoms with E-state index in [0.29, 0.717) is 38.8 Å². The van der Waals surface area contributed by atoms with Crippen LogP contribution in [0, 0.1) is 34.1 Å². The Hall–Kier alpha value is -3.60. The molecular weight excluding hydrogens is 792 g/mol. The maximum Gasteiger partial charge on any atom is 0.305 e. The highest BCUT2D eigenvalue weighted by Gasteiger charge is 2.18. The van der Waals surface area contributed by atoms with E-state index < -0.39 is 9.85 Å². The number of aromatic nitrogens is 2. The van der Waals surface area contributed by atoms with Crippen molar-refractivity contribution in [3.63, 3.8) is 0 Å². The number of nitro groups is 2. The van der Waals surface area contributed by atoms with Crippen molar-refractivity contribution in [2.45, 2.75) is 65.5 Å². The minimum atomic E-state index is -0.416. The second-order valence-corrected chi connectivity index (χ2v) is 12.6. The zero-order valence-corrected chi connectivity index (χ0v) is 31.3. The molecule has 0 saturated carbocycles. The average molecular weight is 829 g/mol. The Kier molecular flexibility index (Phi) is 16.9. The molecule has 4 rings (SSSR count). The number of nitro benzene ring substituents is 2. The number of thiazole rings is 2. The molecule has 2 aromatic carbocycles. The fourth-order valence-electron chi connectivity index (χ4n) is 4.73. The number of non-ortho nitro benzene ring substituents is 2. The molecule has 0 radical (unpaired) electrons. The van der Waals surface area contributed by atoms with Gasteiger partial charge in [-0.25, -0.2) is 0 Å². The smallest absolute Gasteiger partial charge is 0.305 e. The largest absolute Gasteiger partial charge is 1.00 e. The van der Waals surface area contributed by atoms with E-state index in [9.17, 15) is 29.8 Å². The zero-order valence-electron chi connectivity index (χ0n) is 26.5. The first kappa shape index (κ1) is 40.6. The summed E-state index contributed by atoms with van der Waals surface area (Å²) in [4.78, 5) is 47.5. The summed E-state index contributed by atoms with van der Waals surface area (Å²) in [6.45, 7) is 5.75. The highest BCUT2D eigenvalue weighted by atomic mass is 79.9. The van der Waals surface area contributed by atoms with E-state index in [0.717, 1.165) is 32.3 Å². The summed E-state index contributed by atoms with van der Waals surface area (Å²) in [5.41, 5.74) is 8.17. The highest BCUT2D eigenvalue weighted by Crippen LogP contribution is 2.17. The Balaban J connectivity index is 0.00000400. The number of carbonyl (C=O) groups excluding carboxylic acids is 2. The van der Waals surface area contributed by atoms with Crippen molar-refractivity contribution in [2.24, 2.45) is 0 Å². The van der Waals surface area contributed by atoms with Crippen molar-refractivity contribution in [3.8, 4) is 0 Å². The number of hydrogen-bond acceptors (Lipinski definition) is 10. The van der Waals surface area contributed by atoms with Gasteiger partial charge in [-0.05, 0) is 37.1 Å². The van der Waals surface area contributed by atoms with Crippen LogP contribution in [0.5, 0.6) is 0 Å². The summed E-state index contributed by atoms with van der Waals surface area (Å²) in [7, 11) is 0. The number of ether oxygens (including phenoxy) is 2. The van der Waals surface area contributed by atoms with Gasteiger partial charge in [0.15, 0.2) is 24.5 Å². The van der Waals surface area contributed by atoms with Crippen LogP contribution >= 0.6 is 22.7 Å². The lowest BCUT2D eigenvalue weighted by atomic mass is 10.2. The molecule has 0 amide bonds. The van der Waals surface area contributed by atoms with E-state index in [1.807, 2.05) is 24.9 Å². The molecule has 16 heteroatoms. The first-order valence-corrected chi connectivity index (χ1v) is 16.6. The summed E-state index contributed by atoms with van der Waals surface area (Å²) < 4.78 is 14.9. The molecule has 0 unspecified atom stereocenters. The van der Waals surface area contributed by atoms with Gasteiger partial charge in [-0.2, -0.15) is 9.13 Å². The Bertz CT molecular complexity index is 1550. The number of hydrogen-bond donors (Lipinski definition) is 0. The Morgan fingerprint density at radius 1 is 0.667 bits per heavy atom. The maximum atomic E-state index is 12.2. The van der Waals surface area contributed by atoms with E-state index in [1.165, 1.54) is 24.3 Å². The first-order chi connectivity index (χ1) is 22.1. The van der Waals surface area contributed by atoms with Crippen LogP contribution < -0.4 is 43.1 Å². The molecular formula is C32H36Br2N4O8S2. The van der Waals surface area contributed by atoms with Gasteiger partial charge in [-0.1, -0.05) is 22.7 Å². The topological polar surface area (TPSA) is 147 Å². The zero-order chi connectivity index (χ0) is 33.1. The van der Waals surface area contributed by atoms with E-state index in [1.54, 1.807) is 46.9 Å². The Morgan fingerprint density at radius 3 is 1.35 bits per heavy atom. The van der Waals surface area contributed by atoms with Crippen molar-refractivity contribution >= 4 is 46.0 Å². The van der Waals surface area contributed by atoms with Crippen LogP contribution in [-0.4, -0.2) is 35.0 Å². The average Bonchev–Trinajstić information content (AvgIpc) is 3.56. The number of rotatable bonds is 17. The molecule has 0 bridgehead atoms. The summed E-state index contributed by atoms with van der Waals surface area (Å²) in [5.74, 6) is -0.590. The Morgan fingerprint density at radius 2 is 1.02 bits per heavy atom. The molecule has 0 saturated heterocycles. The third kappa shape index (κ3) is 12.1. The van der Waals surface area contributed by atoms with Gasteiger partial charge in [0, 0.05) is 74.9 Å². The molecule has 2 aromatic heterocycles. The predicted octanol–water partition coefficient (Wildman–Crippen LogP) is -0.646. The lowest BCUT2D eigenvalue weighted by Gasteiger charge is -2.05. The third-order valence-corrected chi connectivity index (χ3v) is 9.80. The second kappa shape index (κ2) is 20.0. The minimum absolute atomic E-state index is 0. The molecule has 48 heavy (non-hydrogen) atoms. The summed E-state index contributed by atoms with van der Waals surface area (Å²) in [6.07, 6.45) is 2.74. The van der Waals surface area contributed by atoms with Gasteiger partial charge in [-0.15, -0.1) is 0 Å². The van der Waals surface area contributed by atoms with Gasteiger partial charge in [-0.3, -0.25) is 29.8 Å². The molecule has 0 aliphatic rings. The minimum Gasteiger partial charge on any atom is -1.00 e. The molecule has 4 aromatic rings. The predicted molar refractivity (Wildman–Crippen MR) is 171 cm³/mol. The summed E-state index contributed by atoms with van der Waals surface area (Å²) >= 11 is 3.16. The van der Waals surface area contributed by atoms with Crippen LogP contribution in [0.1, 0.15) is 58.0 Å². The quantitative estimate of drug-likeness (QED) is 0.0450. The number of esters is 2. The SMILES string of the molecule is Cc1c(CCOC(=O)CCCCC(=O)OCCc2sc[n+](Cc3ccc([N+](=O)[O-])cc3)c2C)sc[n+]1Cc1ccc([N+](=O)[O-])cc1.[Br-].[Br-]. The van der Waals surface area contributed by atoms with Gasteiger partial charge in [0.05, 0.1) is 32.8 Å². The van der Waals surface area contributed by atoms with E-state index in [4.69, 9.17) is 9.47 Å². The molecule has 0 aliphatic heterocycles. The number of benzene rings is 2. The van der Waals surface area contributed by atoms with Crippen molar-refractivity contribution in [1.29, 1.82) is 0 Å². The van der Waals surface area contributed by atoms with Gasteiger partial charge >= 0.3 is 11.9 Å². The summed E-state index contributed by atoms with van der Waals surface area (Å²) in [5, 5.41) is 21.7. The number of carbonyl (C=O) groups is 2. The molecule has 0 N–H and O–H groups in total. The molecule has 0 spiro atoms. The number of halogens is 2. The third-order valence-electron chi connectivity index (χ3n) is 7.51. The van der Waals surface area contributed by atoms with Gasteiger partial charge < -0.3 is 43.4 Å². The normalized spacial score (nSPS) is 10.5. The van der Waals surface area contributed by atoms with Gasteiger partial charge in [0.25, 0.3) is 11.4 Å². The molecule has 12 nitrogen and oxygen atoms in total. The standard InChI is InChI=1S/C32H36N4O8S2.2BrH/c1-23-29(45-21-33(23)19-25-7-11-27(12-8-25)35(39)40)15-17-43-31(37)5-3-4-6-32(38)44-18-16-30-24(2)34(22-46-30)20-26-9-13-28(14-10-26)36(41)42;;/h7-14,21-22H,3-6,15-20H2,1-2H3;2*1H/q+2;;/p-2. The van der Waals surface area contributed by atoms with Crippen LogP contribution in [0.4, 0.5) is 11.4 Å². The van der Waals surface area contributed by atoms with Crippen LogP contribution in [0.25, 0.3) is 0 Å². The second-order valence-electron chi connectivity index (χ2n) is 10.7. The summed E-state index contributed by atoms with van der Waals surface area (Å²) in [6, 6.07) is 13.0. The van der Waals surface area contributed by atoms with Crippen molar-refractivity contribution in [2.75, 3.05) is 13.2 Å². The molecule has 258 valence electrons. The Labute approximate surface area is 307 Å². The van der Waals surface area contributed by atoms with Crippen molar-refractivity contribution in [3.05, 3.63) is 112 Å². The lowest BCUT2D eigenvalue weighted by Crippen LogP contribution is -3.00. The van der Waals surface area contributed by atoms with E-state index in [-0.39, 0.29) is 83.3 Å². The van der Waals surface area contributed by atoms with E-state index >= 15 is 0 Å². The molecule has 2 heterocycles. The van der Waals surface area contributed by atoms with E-state index in [2.05, 4.69) is 9.13 Å². The van der Waals surface area contributed by atoms with Crippen LogP contribution in [0.15, 0.2) is 59.6 Å². The lowest BCUT2D eigenvalue weighted by molar-refractivity contribution is -0.689. The monoisotopic (exact) mass is 826 g/mol. The highest BCUT2D eigenvalue weighted by molar-refractivity contribution is 7.09.